The summed E-state index contributed by atoms with van der Waals surface area (Å²) in [6.45, 7) is 8.36. The first-order valence-corrected chi connectivity index (χ1v) is 9.39. The van der Waals surface area contributed by atoms with Crippen LogP contribution in [0.15, 0.2) is 48.0 Å². The number of aryl methyl sites for hydroxylation is 1. The molecule has 0 bridgehead atoms. The van der Waals surface area contributed by atoms with Gasteiger partial charge in [-0.25, -0.2) is 4.39 Å². The molecule has 1 heterocycles. The van der Waals surface area contributed by atoms with Crippen LogP contribution in [0.25, 0.3) is 11.6 Å². The smallest absolute Gasteiger partial charge is 0.266 e. The molecule has 1 aliphatic heterocycles. The van der Waals surface area contributed by atoms with Crippen molar-refractivity contribution in [1.29, 1.82) is 5.26 Å². The van der Waals surface area contributed by atoms with E-state index in [4.69, 9.17) is 0 Å². The third kappa shape index (κ3) is 4.07. The lowest BCUT2D eigenvalue weighted by atomic mass is 9.87. The van der Waals surface area contributed by atoms with Gasteiger partial charge in [0.2, 0.25) is 0 Å². The van der Waals surface area contributed by atoms with Crippen LogP contribution in [0.5, 0.6) is 0 Å². The first-order valence-electron chi connectivity index (χ1n) is 9.39. The summed E-state index contributed by atoms with van der Waals surface area (Å²) in [5.74, 6) is -0.915. The van der Waals surface area contributed by atoms with E-state index in [-0.39, 0.29) is 16.9 Å². The number of hydrogen-bond acceptors (Lipinski definition) is 3. The normalized spacial score (nSPS) is 15.3. The number of fused-ring (bicyclic) bond motifs is 1. The van der Waals surface area contributed by atoms with Gasteiger partial charge in [0.05, 0.1) is 5.54 Å². The molecule has 0 aromatic heterocycles. The second-order valence-corrected chi connectivity index (χ2v) is 7.90. The van der Waals surface area contributed by atoms with Crippen LogP contribution in [0.4, 0.5) is 15.8 Å². The molecule has 0 saturated carbocycles. The summed E-state index contributed by atoms with van der Waals surface area (Å²) in [7, 11) is 2.06. The monoisotopic (exact) mass is 389 g/mol. The number of hydrogen-bond donors (Lipinski definition) is 1. The molecule has 0 saturated heterocycles. The van der Waals surface area contributed by atoms with Crippen molar-refractivity contribution in [3.63, 3.8) is 0 Å². The molecule has 0 aliphatic carbocycles. The Bertz CT molecular complexity index is 1070. The van der Waals surface area contributed by atoms with Gasteiger partial charge in [-0.3, -0.25) is 4.79 Å². The standard InChI is InChI=1S/C24H24FN3O/c1-15-10-22-21(16(2)13-24(3,4)28(22)5)12-17(15)11-18(14-26)23(29)27-20-8-6-19(25)7-9-20/h6-13H,1-5H3,(H,27,29)/b18-11+. The lowest BCUT2D eigenvalue weighted by Crippen LogP contribution is -2.42. The van der Waals surface area contributed by atoms with Crippen LogP contribution in [0, 0.1) is 24.1 Å². The maximum absolute atomic E-state index is 13.0. The molecule has 0 atom stereocenters. The molecular weight excluding hydrogens is 365 g/mol. The Balaban J connectivity index is 1.96. The van der Waals surface area contributed by atoms with Crippen LogP contribution in [0.1, 0.15) is 37.5 Å². The first kappa shape index (κ1) is 20.3. The van der Waals surface area contributed by atoms with Crippen molar-refractivity contribution in [2.75, 3.05) is 17.3 Å². The lowest BCUT2D eigenvalue weighted by Gasteiger charge is -2.41. The van der Waals surface area contributed by atoms with E-state index in [0.717, 1.165) is 28.0 Å². The molecule has 1 amide bonds. The van der Waals surface area contributed by atoms with Gasteiger partial charge < -0.3 is 10.2 Å². The summed E-state index contributed by atoms with van der Waals surface area (Å²) in [4.78, 5) is 14.7. The molecule has 5 heteroatoms. The van der Waals surface area contributed by atoms with Gasteiger partial charge >= 0.3 is 0 Å². The highest BCUT2D eigenvalue weighted by Gasteiger charge is 2.28. The fraction of sp³-hybridized carbons (Fsp3) is 0.250. The summed E-state index contributed by atoms with van der Waals surface area (Å²) in [5, 5.41) is 12.1. The average Bonchev–Trinajstić information content (AvgIpc) is 2.66. The van der Waals surface area contributed by atoms with Crippen LogP contribution in [0.2, 0.25) is 0 Å². The van der Waals surface area contributed by atoms with Crippen molar-refractivity contribution in [2.45, 2.75) is 33.2 Å². The van der Waals surface area contributed by atoms with E-state index in [1.807, 2.05) is 19.1 Å². The maximum Gasteiger partial charge on any atom is 0.266 e. The molecule has 0 radical (unpaired) electrons. The highest BCUT2D eigenvalue weighted by molar-refractivity contribution is 6.09. The van der Waals surface area contributed by atoms with Crippen molar-refractivity contribution in [1.82, 2.24) is 0 Å². The van der Waals surface area contributed by atoms with E-state index in [2.05, 4.69) is 50.2 Å². The fourth-order valence-corrected chi connectivity index (χ4v) is 3.51. The minimum atomic E-state index is -0.526. The number of benzene rings is 2. The van der Waals surface area contributed by atoms with Crippen LogP contribution >= 0.6 is 0 Å². The zero-order valence-electron chi connectivity index (χ0n) is 17.3. The highest BCUT2D eigenvalue weighted by atomic mass is 19.1. The molecule has 148 valence electrons. The molecule has 4 nitrogen and oxygen atoms in total. The molecule has 3 rings (SSSR count). The fourth-order valence-electron chi connectivity index (χ4n) is 3.51. The van der Waals surface area contributed by atoms with E-state index in [1.165, 1.54) is 24.3 Å². The van der Waals surface area contributed by atoms with Crippen LogP contribution in [-0.4, -0.2) is 18.5 Å². The van der Waals surface area contributed by atoms with Gasteiger partial charge in [0.25, 0.3) is 5.91 Å². The Morgan fingerprint density at radius 2 is 1.86 bits per heavy atom. The number of rotatable bonds is 3. The van der Waals surface area contributed by atoms with Gasteiger partial charge in [-0.1, -0.05) is 6.08 Å². The Kier molecular flexibility index (Phi) is 5.30. The van der Waals surface area contributed by atoms with Crippen LogP contribution in [0.3, 0.4) is 0 Å². The number of amides is 1. The summed E-state index contributed by atoms with van der Waals surface area (Å²) < 4.78 is 13.0. The Labute approximate surface area is 171 Å². The third-order valence-electron chi connectivity index (χ3n) is 5.37. The van der Waals surface area contributed by atoms with E-state index in [9.17, 15) is 14.4 Å². The number of likely N-dealkylation sites (N-methyl/N-ethyl adjacent to an activating group) is 1. The molecule has 0 spiro atoms. The number of halogens is 1. The Morgan fingerprint density at radius 1 is 1.21 bits per heavy atom. The lowest BCUT2D eigenvalue weighted by molar-refractivity contribution is -0.112. The number of anilines is 2. The first-order chi connectivity index (χ1) is 13.6. The van der Waals surface area contributed by atoms with E-state index < -0.39 is 5.91 Å². The maximum atomic E-state index is 13.0. The van der Waals surface area contributed by atoms with Crippen molar-refractivity contribution in [2.24, 2.45) is 0 Å². The second kappa shape index (κ2) is 7.56. The molecule has 0 unspecified atom stereocenters. The molecule has 0 fully saturated rings. The molecular formula is C24H24FN3O. The van der Waals surface area contributed by atoms with Crippen molar-refractivity contribution >= 4 is 28.9 Å². The predicted octanol–water partition coefficient (Wildman–Crippen LogP) is 5.31. The van der Waals surface area contributed by atoms with Gasteiger partial charge in [-0.2, -0.15) is 5.26 Å². The SMILES string of the molecule is CC1=CC(C)(C)N(C)c2cc(C)c(/C=C(\C#N)C(=O)Nc3ccc(F)cc3)cc21. The van der Waals surface area contributed by atoms with Gasteiger partial charge in [0.15, 0.2) is 0 Å². The van der Waals surface area contributed by atoms with E-state index in [1.54, 1.807) is 6.08 Å². The number of carbonyl (C=O) groups is 1. The van der Waals surface area contributed by atoms with E-state index >= 15 is 0 Å². The third-order valence-corrected chi connectivity index (χ3v) is 5.37. The predicted molar refractivity (Wildman–Crippen MR) is 116 cm³/mol. The average molecular weight is 389 g/mol. The van der Waals surface area contributed by atoms with Crippen molar-refractivity contribution in [3.8, 4) is 6.07 Å². The number of nitrogens with one attached hydrogen (secondary N) is 1. The molecule has 1 N–H and O–H groups in total. The number of nitrogens with zero attached hydrogens (tertiary/aromatic N) is 2. The largest absolute Gasteiger partial charge is 0.365 e. The van der Waals surface area contributed by atoms with Crippen molar-refractivity contribution < 1.29 is 9.18 Å². The zero-order valence-corrected chi connectivity index (χ0v) is 17.3. The van der Waals surface area contributed by atoms with Gasteiger partial charge in [0.1, 0.15) is 17.5 Å². The van der Waals surface area contributed by atoms with Crippen LogP contribution < -0.4 is 10.2 Å². The minimum Gasteiger partial charge on any atom is -0.365 e. The molecule has 1 aliphatic rings. The van der Waals surface area contributed by atoms with Crippen LogP contribution in [-0.2, 0) is 4.79 Å². The summed E-state index contributed by atoms with van der Waals surface area (Å²) in [6, 6.07) is 11.5. The number of allylic oxidation sites excluding steroid dienone is 1. The summed E-state index contributed by atoms with van der Waals surface area (Å²) >= 11 is 0. The van der Waals surface area contributed by atoms with Gasteiger partial charge in [0, 0.05) is 24.0 Å². The Morgan fingerprint density at radius 3 is 2.48 bits per heavy atom. The van der Waals surface area contributed by atoms with E-state index in [0.29, 0.717) is 5.69 Å². The molecule has 29 heavy (non-hydrogen) atoms. The summed E-state index contributed by atoms with van der Waals surface area (Å²) in [6.07, 6.45) is 3.81. The molecule has 2 aromatic carbocycles. The van der Waals surface area contributed by atoms with Crippen molar-refractivity contribution in [3.05, 3.63) is 70.6 Å². The Hall–Kier alpha value is -3.39. The second-order valence-electron chi connectivity index (χ2n) is 7.90. The topological polar surface area (TPSA) is 56.1 Å². The quantitative estimate of drug-likeness (QED) is 0.572. The van der Waals surface area contributed by atoms with Gasteiger partial charge in [-0.15, -0.1) is 0 Å². The van der Waals surface area contributed by atoms with Gasteiger partial charge in [-0.05, 0) is 86.9 Å². The number of nitriles is 1. The molecule has 2 aromatic rings. The highest BCUT2D eigenvalue weighted by Crippen LogP contribution is 2.39. The number of carbonyl (C=O) groups excluding carboxylic acids is 1. The minimum absolute atomic E-state index is 0.0106. The zero-order chi connectivity index (χ0) is 21.3. The summed E-state index contributed by atoms with van der Waals surface area (Å²) in [5.41, 5.74) is 5.49.